The van der Waals surface area contributed by atoms with Gasteiger partial charge in [-0.25, -0.2) is 0 Å². The highest BCUT2D eigenvalue weighted by Gasteiger charge is 2.66. The van der Waals surface area contributed by atoms with Crippen LogP contribution in [0.15, 0.2) is 0 Å². The third-order valence-electron chi connectivity index (χ3n) is 2.55. The Balaban J connectivity index is 2.96. The van der Waals surface area contributed by atoms with E-state index in [9.17, 15) is 9.59 Å². The topological polar surface area (TPSA) is 52.6 Å². The van der Waals surface area contributed by atoms with Crippen molar-refractivity contribution in [3.05, 3.63) is 0 Å². The van der Waals surface area contributed by atoms with Crippen molar-refractivity contribution in [2.75, 3.05) is 7.11 Å². The van der Waals surface area contributed by atoms with Gasteiger partial charge < -0.3 is 9.47 Å². The van der Waals surface area contributed by atoms with Gasteiger partial charge in [0, 0.05) is 0 Å². The summed E-state index contributed by atoms with van der Waals surface area (Å²) >= 11 is 0. The van der Waals surface area contributed by atoms with Gasteiger partial charge in [-0.1, -0.05) is 0 Å². The summed E-state index contributed by atoms with van der Waals surface area (Å²) in [5.74, 6) is -1.05. The van der Waals surface area contributed by atoms with Gasteiger partial charge in [-0.2, -0.15) is 0 Å². The van der Waals surface area contributed by atoms with Gasteiger partial charge >= 0.3 is 11.9 Å². The average molecular weight is 172 g/mol. The number of hydrogen-bond donors (Lipinski definition) is 0. The Kier molecular flexibility index (Phi) is 1.67. The number of hydrogen-bond acceptors (Lipinski definition) is 4. The number of methoxy groups -OCH3 is 1. The van der Waals surface area contributed by atoms with Crippen molar-refractivity contribution >= 4 is 11.9 Å². The van der Waals surface area contributed by atoms with Crippen LogP contribution < -0.4 is 0 Å². The molecule has 68 valence electrons. The second-order valence-electron chi connectivity index (χ2n) is 3.52. The summed E-state index contributed by atoms with van der Waals surface area (Å²) in [6.45, 7) is 4.90. The fraction of sp³-hybridized carbons (Fsp3) is 0.750. The Morgan fingerprint density at radius 3 is 2.08 bits per heavy atom. The maximum atomic E-state index is 11.2. The van der Waals surface area contributed by atoms with E-state index in [0.717, 1.165) is 0 Å². The van der Waals surface area contributed by atoms with Gasteiger partial charge in [-0.15, -0.1) is 0 Å². The molecule has 0 aromatic heterocycles. The number of rotatable bonds is 1. The van der Waals surface area contributed by atoms with Gasteiger partial charge in [-0.3, -0.25) is 9.59 Å². The molecule has 0 spiro atoms. The van der Waals surface area contributed by atoms with E-state index in [1.807, 2.05) is 0 Å². The molecule has 4 nitrogen and oxygen atoms in total. The van der Waals surface area contributed by atoms with Crippen molar-refractivity contribution < 1.29 is 19.1 Å². The quantitative estimate of drug-likeness (QED) is 0.427. The highest BCUT2D eigenvalue weighted by Crippen LogP contribution is 2.46. The first kappa shape index (κ1) is 9.03. The molecule has 1 saturated heterocycles. The molecule has 1 unspecified atom stereocenters. The molecule has 0 amide bonds. The zero-order valence-electron chi connectivity index (χ0n) is 7.63. The standard InChI is InChI=1S/C8H12O4/c1-7(2)8(3,5(9)11-4)6(10)12-7/h1-4H3. The molecule has 12 heavy (non-hydrogen) atoms. The molecule has 0 N–H and O–H groups in total. The molecule has 0 saturated carbocycles. The lowest BCUT2D eigenvalue weighted by Gasteiger charge is -2.48. The number of carbonyl (C=O) groups excluding carboxylic acids is 2. The molecule has 1 fully saturated rings. The molecule has 0 bridgehead atoms. The Morgan fingerprint density at radius 1 is 1.42 bits per heavy atom. The largest absolute Gasteiger partial charge is 0.468 e. The lowest BCUT2D eigenvalue weighted by molar-refractivity contribution is -0.234. The fourth-order valence-corrected chi connectivity index (χ4v) is 1.17. The predicted molar refractivity (Wildman–Crippen MR) is 40.3 cm³/mol. The van der Waals surface area contributed by atoms with Crippen LogP contribution >= 0.6 is 0 Å². The van der Waals surface area contributed by atoms with Crippen LogP contribution in [0.1, 0.15) is 20.8 Å². The lowest BCUT2D eigenvalue weighted by Crippen LogP contribution is -2.66. The third kappa shape index (κ3) is 0.777. The van der Waals surface area contributed by atoms with Crippen LogP contribution in [-0.4, -0.2) is 24.6 Å². The summed E-state index contributed by atoms with van der Waals surface area (Å²) in [5.41, 5.74) is -1.89. The maximum Gasteiger partial charge on any atom is 0.327 e. The van der Waals surface area contributed by atoms with E-state index in [-0.39, 0.29) is 0 Å². The molecule has 1 aliphatic rings. The summed E-state index contributed by atoms with van der Waals surface area (Å²) in [6, 6.07) is 0. The minimum Gasteiger partial charge on any atom is -0.468 e. The Morgan fingerprint density at radius 2 is 1.92 bits per heavy atom. The first-order valence-corrected chi connectivity index (χ1v) is 3.68. The summed E-state index contributed by atoms with van der Waals surface area (Å²) in [7, 11) is 1.26. The zero-order valence-corrected chi connectivity index (χ0v) is 7.63. The minimum atomic E-state index is -1.14. The number of carbonyl (C=O) groups is 2. The van der Waals surface area contributed by atoms with Crippen LogP contribution in [-0.2, 0) is 19.1 Å². The molecule has 1 rings (SSSR count). The van der Waals surface area contributed by atoms with Crippen molar-refractivity contribution in [2.45, 2.75) is 26.4 Å². The van der Waals surface area contributed by atoms with Crippen LogP contribution in [0.4, 0.5) is 0 Å². The molecular formula is C8H12O4. The minimum absolute atomic E-state index is 0.514. The number of ether oxygens (including phenoxy) is 2. The Hall–Kier alpha value is -1.06. The molecule has 1 heterocycles. The maximum absolute atomic E-state index is 11.2. The van der Waals surface area contributed by atoms with Crippen molar-refractivity contribution in [2.24, 2.45) is 5.41 Å². The van der Waals surface area contributed by atoms with Crippen LogP contribution in [0.5, 0.6) is 0 Å². The molecule has 1 aliphatic heterocycles. The van der Waals surface area contributed by atoms with Crippen molar-refractivity contribution in [3.8, 4) is 0 Å². The van der Waals surface area contributed by atoms with Gasteiger partial charge in [0.1, 0.15) is 5.60 Å². The van der Waals surface area contributed by atoms with E-state index in [2.05, 4.69) is 4.74 Å². The third-order valence-corrected chi connectivity index (χ3v) is 2.55. The SMILES string of the molecule is COC(=O)C1(C)C(=O)OC1(C)C. The molecule has 0 aliphatic carbocycles. The van der Waals surface area contributed by atoms with E-state index >= 15 is 0 Å². The van der Waals surface area contributed by atoms with Gasteiger partial charge in [-0.05, 0) is 20.8 Å². The smallest absolute Gasteiger partial charge is 0.327 e. The number of cyclic esters (lactones) is 1. The zero-order chi connectivity index (χ0) is 9.57. The number of esters is 2. The van der Waals surface area contributed by atoms with Crippen LogP contribution in [0.2, 0.25) is 0 Å². The van der Waals surface area contributed by atoms with Crippen molar-refractivity contribution in [1.29, 1.82) is 0 Å². The molecule has 1 atom stereocenters. The highest BCUT2D eigenvalue weighted by atomic mass is 16.6. The van der Waals surface area contributed by atoms with E-state index in [1.165, 1.54) is 14.0 Å². The summed E-state index contributed by atoms with van der Waals surface area (Å²) < 4.78 is 9.35. The van der Waals surface area contributed by atoms with E-state index in [4.69, 9.17) is 4.74 Å². The van der Waals surface area contributed by atoms with Gasteiger partial charge in [0.15, 0.2) is 0 Å². The second-order valence-corrected chi connectivity index (χ2v) is 3.52. The first-order valence-electron chi connectivity index (χ1n) is 3.68. The highest BCUT2D eigenvalue weighted by molar-refractivity contribution is 6.05. The van der Waals surface area contributed by atoms with E-state index in [1.54, 1.807) is 13.8 Å². The second kappa shape index (κ2) is 2.21. The van der Waals surface area contributed by atoms with E-state index in [0.29, 0.717) is 0 Å². The Bertz CT molecular complexity index is 243. The summed E-state index contributed by atoms with van der Waals surface area (Å²) in [6.07, 6.45) is 0. The molecular weight excluding hydrogens is 160 g/mol. The summed E-state index contributed by atoms with van der Waals surface area (Å²) in [4.78, 5) is 22.3. The lowest BCUT2D eigenvalue weighted by atomic mass is 9.70. The monoisotopic (exact) mass is 172 g/mol. The average Bonchev–Trinajstić information content (AvgIpc) is 2.01. The molecule has 0 radical (unpaired) electrons. The molecule has 4 heteroatoms. The Labute approximate surface area is 70.8 Å². The van der Waals surface area contributed by atoms with Crippen LogP contribution in [0.25, 0.3) is 0 Å². The van der Waals surface area contributed by atoms with E-state index < -0.39 is 23.0 Å². The predicted octanol–water partition coefficient (Wildman–Crippen LogP) is 0.501. The molecule has 0 aromatic rings. The van der Waals surface area contributed by atoms with Gasteiger partial charge in [0.25, 0.3) is 0 Å². The summed E-state index contributed by atoms with van der Waals surface area (Å²) in [5, 5.41) is 0. The van der Waals surface area contributed by atoms with Gasteiger partial charge in [0.05, 0.1) is 7.11 Å². The van der Waals surface area contributed by atoms with Crippen molar-refractivity contribution in [1.82, 2.24) is 0 Å². The first-order chi connectivity index (χ1) is 5.36. The van der Waals surface area contributed by atoms with Crippen molar-refractivity contribution in [3.63, 3.8) is 0 Å². The molecule has 0 aromatic carbocycles. The van der Waals surface area contributed by atoms with Crippen LogP contribution in [0, 0.1) is 5.41 Å². The fourth-order valence-electron chi connectivity index (χ4n) is 1.17. The van der Waals surface area contributed by atoms with Gasteiger partial charge in [0.2, 0.25) is 5.41 Å². The van der Waals surface area contributed by atoms with Crippen LogP contribution in [0.3, 0.4) is 0 Å². The normalized spacial score (nSPS) is 31.8.